The molecule has 3 N–H and O–H groups in total. The molecular weight excluding hydrogens is 451 g/mol. The summed E-state index contributed by atoms with van der Waals surface area (Å²) in [6.07, 6.45) is -1.61. The van der Waals surface area contributed by atoms with E-state index < -0.39 is 29.2 Å². The van der Waals surface area contributed by atoms with Crippen LogP contribution in [0.4, 0.5) is 13.2 Å². The highest BCUT2D eigenvalue weighted by atomic mass is 19.4. The molecule has 9 heteroatoms. The van der Waals surface area contributed by atoms with Crippen molar-refractivity contribution in [2.24, 2.45) is 5.92 Å². The number of benzene rings is 2. The number of carboxylic acids is 1. The molecule has 0 heterocycles. The number of halogens is 3. The Morgan fingerprint density at radius 3 is 2.44 bits per heavy atom. The number of alkyl halides is 3. The minimum Gasteiger partial charge on any atom is -0.491 e. The predicted molar refractivity (Wildman–Crippen MR) is 120 cm³/mol. The Balaban J connectivity index is 1.95. The maximum Gasteiger partial charge on any atom is 0.416 e. The first-order chi connectivity index (χ1) is 16.1. The Morgan fingerprint density at radius 1 is 1.15 bits per heavy atom. The lowest BCUT2D eigenvalue weighted by atomic mass is 9.75. The molecule has 34 heavy (non-hydrogen) atoms. The van der Waals surface area contributed by atoms with Gasteiger partial charge in [-0.3, -0.25) is 4.79 Å². The van der Waals surface area contributed by atoms with E-state index in [0.717, 1.165) is 18.6 Å². The minimum atomic E-state index is -4.55. The number of nitrogens with one attached hydrogen (secondary N) is 1. The highest BCUT2D eigenvalue weighted by Gasteiger charge is 2.43. The van der Waals surface area contributed by atoms with Crippen molar-refractivity contribution in [1.29, 1.82) is 0 Å². The smallest absolute Gasteiger partial charge is 0.416 e. The Labute approximate surface area is 195 Å². The van der Waals surface area contributed by atoms with Crippen LogP contribution >= 0.6 is 0 Å². The summed E-state index contributed by atoms with van der Waals surface area (Å²) in [5.74, 6) is -1.11. The highest BCUT2D eigenvalue weighted by molar-refractivity contribution is 5.99. The summed E-state index contributed by atoms with van der Waals surface area (Å²) < 4.78 is 45.2. The molecule has 0 unspecified atom stereocenters. The van der Waals surface area contributed by atoms with Gasteiger partial charge in [0.15, 0.2) is 0 Å². The first kappa shape index (κ1) is 25.6. The van der Waals surface area contributed by atoms with Crippen LogP contribution in [0.5, 0.6) is 5.75 Å². The summed E-state index contributed by atoms with van der Waals surface area (Å²) in [4.78, 5) is 25.1. The molecule has 2 aromatic rings. The summed E-state index contributed by atoms with van der Waals surface area (Å²) in [6.45, 7) is 1.66. The lowest BCUT2D eigenvalue weighted by molar-refractivity contribution is -0.146. The van der Waals surface area contributed by atoms with E-state index in [-0.39, 0.29) is 35.7 Å². The van der Waals surface area contributed by atoms with Crippen LogP contribution < -0.4 is 10.1 Å². The SMILES string of the molecule is CC[C@H]1CC[C@](NC(=O)c2ccc(OCCO)c(-c3cccc(C(F)(F)F)c3)c2)(C(=O)O)CC1. The number of ether oxygens (including phenoxy) is 1. The van der Waals surface area contributed by atoms with E-state index in [9.17, 15) is 27.9 Å². The fraction of sp³-hybridized carbons (Fsp3) is 0.440. The van der Waals surface area contributed by atoms with Gasteiger partial charge in [-0.25, -0.2) is 4.79 Å². The van der Waals surface area contributed by atoms with Gasteiger partial charge >= 0.3 is 12.1 Å². The van der Waals surface area contributed by atoms with Crippen molar-refractivity contribution in [3.8, 4) is 16.9 Å². The fourth-order valence-electron chi connectivity index (χ4n) is 4.30. The second-order valence-electron chi connectivity index (χ2n) is 8.55. The van der Waals surface area contributed by atoms with Crippen molar-refractivity contribution in [3.63, 3.8) is 0 Å². The third-order valence-electron chi connectivity index (χ3n) is 6.39. The van der Waals surface area contributed by atoms with Gasteiger partial charge in [0.2, 0.25) is 0 Å². The van der Waals surface area contributed by atoms with E-state index in [1.54, 1.807) is 0 Å². The number of rotatable bonds is 8. The summed E-state index contributed by atoms with van der Waals surface area (Å²) in [5.41, 5.74) is -1.74. The maximum atomic E-state index is 13.2. The standard InChI is InChI=1S/C25H28F3NO5/c1-2-16-8-10-24(11-9-16,23(32)33)29-22(31)18-6-7-21(34-13-12-30)20(15-18)17-4-3-5-19(14-17)25(26,27)28/h3-7,14-16,30H,2,8-13H2,1H3,(H,29,31)(H,32,33)/t16-,24+. The molecule has 0 radical (unpaired) electrons. The van der Waals surface area contributed by atoms with Crippen molar-refractivity contribution < 1.29 is 37.7 Å². The van der Waals surface area contributed by atoms with Crippen LogP contribution in [0.3, 0.4) is 0 Å². The zero-order chi connectivity index (χ0) is 24.9. The molecule has 1 aliphatic carbocycles. The van der Waals surface area contributed by atoms with Crippen LogP contribution in [-0.2, 0) is 11.0 Å². The number of carbonyl (C=O) groups is 2. The van der Waals surface area contributed by atoms with Gasteiger partial charge in [0.25, 0.3) is 5.91 Å². The summed E-state index contributed by atoms with van der Waals surface area (Å²) in [5, 5.41) is 21.6. The van der Waals surface area contributed by atoms with Crippen LogP contribution in [-0.4, -0.2) is 40.8 Å². The molecule has 0 aliphatic heterocycles. The van der Waals surface area contributed by atoms with Crippen LogP contribution in [0, 0.1) is 5.92 Å². The molecule has 1 amide bonds. The second-order valence-corrected chi connectivity index (χ2v) is 8.55. The molecule has 0 atom stereocenters. The molecule has 0 spiro atoms. The van der Waals surface area contributed by atoms with Gasteiger partial charge in [-0.2, -0.15) is 13.2 Å². The topological polar surface area (TPSA) is 95.9 Å². The highest BCUT2D eigenvalue weighted by Crippen LogP contribution is 2.37. The van der Waals surface area contributed by atoms with Gasteiger partial charge in [0, 0.05) is 11.1 Å². The Hall–Kier alpha value is -3.07. The zero-order valence-corrected chi connectivity index (χ0v) is 18.8. The van der Waals surface area contributed by atoms with Crippen molar-refractivity contribution in [2.45, 2.75) is 50.7 Å². The molecule has 1 aliphatic rings. The Bertz CT molecular complexity index is 1030. The quantitative estimate of drug-likeness (QED) is 0.501. The normalized spacial score (nSPS) is 20.6. The third kappa shape index (κ3) is 5.70. The van der Waals surface area contributed by atoms with E-state index in [0.29, 0.717) is 31.6 Å². The molecule has 1 fully saturated rings. The van der Waals surface area contributed by atoms with Crippen LogP contribution in [0.25, 0.3) is 11.1 Å². The summed E-state index contributed by atoms with van der Waals surface area (Å²) >= 11 is 0. The number of aliphatic carboxylic acids is 1. The number of carbonyl (C=O) groups excluding carboxylic acids is 1. The summed E-state index contributed by atoms with van der Waals surface area (Å²) in [6, 6.07) is 8.85. The van der Waals surface area contributed by atoms with Crippen molar-refractivity contribution in [3.05, 3.63) is 53.6 Å². The minimum absolute atomic E-state index is 0.0851. The van der Waals surface area contributed by atoms with Crippen LogP contribution in [0.1, 0.15) is 54.9 Å². The van der Waals surface area contributed by atoms with Gasteiger partial charge in [0.1, 0.15) is 17.9 Å². The molecule has 2 aromatic carbocycles. The molecule has 6 nitrogen and oxygen atoms in total. The van der Waals surface area contributed by atoms with Gasteiger partial charge in [0.05, 0.1) is 12.2 Å². The van der Waals surface area contributed by atoms with Gasteiger partial charge < -0.3 is 20.3 Å². The second kappa shape index (κ2) is 10.5. The number of aliphatic hydroxyl groups excluding tert-OH is 1. The van der Waals surface area contributed by atoms with Gasteiger partial charge in [-0.15, -0.1) is 0 Å². The number of hydrogen-bond donors (Lipinski definition) is 3. The Morgan fingerprint density at radius 2 is 1.85 bits per heavy atom. The van der Waals surface area contributed by atoms with Gasteiger partial charge in [-0.1, -0.05) is 25.5 Å². The molecule has 3 rings (SSSR count). The lowest BCUT2D eigenvalue weighted by Gasteiger charge is -2.37. The molecule has 1 saturated carbocycles. The largest absolute Gasteiger partial charge is 0.491 e. The maximum absolute atomic E-state index is 13.2. The number of aliphatic hydroxyl groups is 1. The first-order valence-electron chi connectivity index (χ1n) is 11.2. The number of hydrogen-bond acceptors (Lipinski definition) is 4. The van der Waals surface area contributed by atoms with Gasteiger partial charge in [-0.05, 0) is 67.5 Å². The fourth-order valence-corrected chi connectivity index (χ4v) is 4.30. The van der Waals surface area contributed by atoms with E-state index in [1.165, 1.54) is 30.3 Å². The molecular formula is C25H28F3NO5. The third-order valence-corrected chi connectivity index (χ3v) is 6.39. The molecule has 0 bridgehead atoms. The van der Waals surface area contributed by atoms with E-state index in [1.807, 2.05) is 6.92 Å². The lowest BCUT2D eigenvalue weighted by Crippen LogP contribution is -2.56. The monoisotopic (exact) mass is 479 g/mol. The average molecular weight is 479 g/mol. The van der Waals surface area contributed by atoms with Crippen molar-refractivity contribution in [1.82, 2.24) is 5.32 Å². The van der Waals surface area contributed by atoms with E-state index >= 15 is 0 Å². The number of amides is 1. The van der Waals surface area contributed by atoms with E-state index in [4.69, 9.17) is 9.84 Å². The Kier molecular flexibility index (Phi) is 7.86. The average Bonchev–Trinajstić information content (AvgIpc) is 2.82. The zero-order valence-electron chi connectivity index (χ0n) is 18.8. The van der Waals surface area contributed by atoms with Crippen molar-refractivity contribution in [2.75, 3.05) is 13.2 Å². The molecule has 184 valence electrons. The predicted octanol–water partition coefficient (Wildman–Crippen LogP) is 4.90. The van der Waals surface area contributed by atoms with Crippen LogP contribution in [0.2, 0.25) is 0 Å². The molecule has 0 saturated heterocycles. The van der Waals surface area contributed by atoms with Crippen LogP contribution in [0.15, 0.2) is 42.5 Å². The van der Waals surface area contributed by atoms with E-state index in [2.05, 4.69) is 5.32 Å². The number of carboxylic acid groups (broad SMARTS) is 1. The summed E-state index contributed by atoms with van der Waals surface area (Å²) in [7, 11) is 0. The molecule has 0 aromatic heterocycles. The first-order valence-corrected chi connectivity index (χ1v) is 11.2. The van der Waals surface area contributed by atoms with Crippen molar-refractivity contribution >= 4 is 11.9 Å².